The highest BCUT2D eigenvalue weighted by atomic mass is 16.6. The first kappa shape index (κ1) is 35.7. The highest BCUT2D eigenvalue weighted by Crippen LogP contribution is 2.23. The van der Waals surface area contributed by atoms with Crippen molar-refractivity contribution in [2.75, 3.05) is 0 Å². The van der Waals surface area contributed by atoms with E-state index >= 15 is 0 Å². The van der Waals surface area contributed by atoms with Crippen LogP contribution in [0, 0.1) is 0 Å². The van der Waals surface area contributed by atoms with Gasteiger partial charge in [-0.05, 0) is 61.0 Å². The van der Waals surface area contributed by atoms with Crippen molar-refractivity contribution in [3.63, 3.8) is 0 Å². The van der Waals surface area contributed by atoms with E-state index in [1.807, 2.05) is 30.3 Å². The smallest absolute Gasteiger partial charge is 0.338 e. The van der Waals surface area contributed by atoms with Gasteiger partial charge in [-0.15, -0.1) is 0 Å². The Hall–Kier alpha value is -6.55. The average molecular weight is 686 g/mol. The maximum atomic E-state index is 13.7. The van der Waals surface area contributed by atoms with Crippen molar-refractivity contribution in [2.45, 2.75) is 37.9 Å². The van der Waals surface area contributed by atoms with E-state index in [0.29, 0.717) is 0 Å². The van der Waals surface area contributed by atoms with E-state index in [-0.39, 0.29) is 28.9 Å². The molecule has 0 aromatic heterocycles. The summed E-state index contributed by atoms with van der Waals surface area (Å²) in [4.78, 5) is 59.6. The molecule has 10 heteroatoms. The molecule has 0 aliphatic rings. The van der Waals surface area contributed by atoms with E-state index in [9.17, 15) is 19.2 Å². The summed E-state index contributed by atoms with van der Waals surface area (Å²) in [6.45, 7) is 1.55. The second kappa shape index (κ2) is 18.3. The molecule has 0 fully saturated rings. The number of rotatable bonds is 15. The van der Waals surface area contributed by atoms with Gasteiger partial charge in [0.05, 0.1) is 28.5 Å². The third kappa shape index (κ3) is 10.5. The first-order valence-corrected chi connectivity index (χ1v) is 16.1. The zero-order valence-electron chi connectivity index (χ0n) is 27.6. The monoisotopic (exact) mass is 685 g/mol. The Morgan fingerprint density at radius 2 is 0.843 bits per heavy atom. The maximum absolute atomic E-state index is 13.7. The third-order valence-corrected chi connectivity index (χ3v) is 7.53. The van der Waals surface area contributed by atoms with E-state index in [2.05, 4.69) is 5.16 Å². The molecule has 258 valence electrons. The molecular formula is C41H35NO9. The Labute approximate surface area is 295 Å². The summed E-state index contributed by atoms with van der Waals surface area (Å²) < 4.78 is 23.7. The summed E-state index contributed by atoms with van der Waals surface area (Å²) in [6.07, 6.45) is -4.78. The summed E-state index contributed by atoms with van der Waals surface area (Å²) in [5.41, 5.74) is 1.58. The van der Waals surface area contributed by atoms with Gasteiger partial charge >= 0.3 is 23.9 Å². The van der Waals surface area contributed by atoms with Crippen LogP contribution in [0.2, 0.25) is 0 Å². The van der Waals surface area contributed by atoms with Gasteiger partial charge in [0.15, 0.2) is 18.3 Å². The molecule has 5 aromatic carbocycles. The van der Waals surface area contributed by atoms with Gasteiger partial charge in [0, 0.05) is 0 Å². The number of oxime groups is 1. The molecule has 0 saturated heterocycles. The minimum absolute atomic E-state index is 0.0721. The van der Waals surface area contributed by atoms with Crippen LogP contribution in [-0.2, 0) is 30.4 Å². The van der Waals surface area contributed by atoms with E-state index in [1.54, 1.807) is 97.1 Å². The molecule has 0 unspecified atom stereocenters. The van der Waals surface area contributed by atoms with Crippen LogP contribution in [0.1, 0.15) is 53.9 Å². The molecule has 0 aliphatic carbocycles. The molecule has 0 N–H and O–H groups in total. The Bertz CT molecular complexity index is 1890. The number of esters is 4. The van der Waals surface area contributed by atoms with Crippen LogP contribution in [0.25, 0.3) is 0 Å². The SMILES string of the molecule is C[C@H](OC(=O)c1ccccc1)[C@H](OC(=O)c1ccccc1)[C@@H](OC(=O)c1ccccc1)[C@H](/C=N/OCc1ccccc1)OC(=O)c1ccccc1. The molecular weight excluding hydrogens is 650 g/mol. The van der Waals surface area contributed by atoms with Gasteiger partial charge in [-0.2, -0.15) is 0 Å². The summed E-state index contributed by atoms with van der Waals surface area (Å²) in [6, 6.07) is 41.8. The predicted octanol–water partition coefficient (Wildman–Crippen LogP) is 7.11. The topological polar surface area (TPSA) is 127 Å². The lowest BCUT2D eigenvalue weighted by Crippen LogP contribution is -2.51. The van der Waals surface area contributed by atoms with Crippen molar-refractivity contribution < 1.29 is 43.0 Å². The highest BCUT2D eigenvalue weighted by molar-refractivity contribution is 5.92. The fourth-order valence-electron chi connectivity index (χ4n) is 4.90. The van der Waals surface area contributed by atoms with Crippen molar-refractivity contribution in [3.05, 3.63) is 179 Å². The molecule has 0 radical (unpaired) electrons. The fraction of sp³-hybridized carbons (Fsp3) is 0.146. The van der Waals surface area contributed by atoms with Gasteiger partial charge in [0.25, 0.3) is 0 Å². The quantitative estimate of drug-likeness (QED) is 0.0490. The van der Waals surface area contributed by atoms with Gasteiger partial charge in [0.1, 0.15) is 12.7 Å². The van der Waals surface area contributed by atoms with Crippen LogP contribution in [-0.4, -0.2) is 54.5 Å². The van der Waals surface area contributed by atoms with Crippen LogP contribution in [0.3, 0.4) is 0 Å². The number of carbonyl (C=O) groups excluding carboxylic acids is 4. The molecule has 10 nitrogen and oxygen atoms in total. The van der Waals surface area contributed by atoms with E-state index < -0.39 is 48.3 Å². The van der Waals surface area contributed by atoms with Crippen LogP contribution in [0.5, 0.6) is 0 Å². The van der Waals surface area contributed by atoms with Crippen LogP contribution in [0.4, 0.5) is 0 Å². The van der Waals surface area contributed by atoms with Crippen molar-refractivity contribution >= 4 is 30.1 Å². The highest BCUT2D eigenvalue weighted by Gasteiger charge is 2.43. The summed E-state index contributed by atoms with van der Waals surface area (Å²) in [5.74, 6) is -3.16. The molecule has 5 aromatic rings. The number of ether oxygens (including phenoxy) is 4. The molecule has 0 aliphatic heterocycles. The number of benzene rings is 5. The molecule has 4 atom stereocenters. The van der Waals surface area contributed by atoms with E-state index in [1.165, 1.54) is 31.2 Å². The zero-order valence-corrected chi connectivity index (χ0v) is 27.6. The Morgan fingerprint density at radius 1 is 0.490 bits per heavy atom. The van der Waals surface area contributed by atoms with Crippen LogP contribution in [0.15, 0.2) is 157 Å². The molecule has 51 heavy (non-hydrogen) atoms. The lowest BCUT2D eigenvalue weighted by molar-refractivity contribution is -0.106. The van der Waals surface area contributed by atoms with Crippen LogP contribution >= 0.6 is 0 Å². The Kier molecular flexibility index (Phi) is 12.8. The zero-order chi connectivity index (χ0) is 35.8. The standard InChI is InChI=1S/C41H35NO9/c1-29(48-38(43)31-19-9-3-10-20-31)36(50-40(45)33-23-13-5-14-24-33)37(51-41(46)34-25-15-6-16-26-34)35(49-39(44)32-21-11-4-12-22-32)27-42-47-28-30-17-7-2-8-18-30/h2-27,29,35-37H,28H2,1H3/b42-27+/t29-,35-,36-,37-/m0/s1. The van der Waals surface area contributed by atoms with E-state index in [0.717, 1.165) is 11.8 Å². The first-order valence-electron chi connectivity index (χ1n) is 16.1. The van der Waals surface area contributed by atoms with Crippen molar-refractivity contribution in [1.29, 1.82) is 0 Å². The largest absolute Gasteiger partial charge is 0.455 e. The van der Waals surface area contributed by atoms with E-state index in [4.69, 9.17) is 23.8 Å². The number of carbonyl (C=O) groups is 4. The minimum atomic E-state index is -1.61. The van der Waals surface area contributed by atoms with Gasteiger partial charge in [-0.25, -0.2) is 19.2 Å². The van der Waals surface area contributed by atoms with Crippen molar-refractivity contribution in [1.82, 2.24) is 0 Å². The number of hydrogen-bond acceptors (Lipinski definition) is 10. The second-order valence-corrected chi connectivity index (χ2v) is 11.2. The molecule has 5 rings (SSSR count). The minimum Gasteiger partial charge on any atom is -0.455 e. The van der Waals surface area contributed by atoms with Crippen molar-refractivity contribution in [3.8, 4) is 0 Å². The molecule has 0 heterocycles. The normalized spacial score (nSPS) is 13.2. The first-order chi connectivity index (χ1) is 24.9. The van der Waals surface area contributed by atoms with Crippen molar-refractivity contribution in [2.24, 2.45) is 5.16 Å². The van der Waals surface area contributed by atoms with Gasteiger partial charge in [0.2, 0.25) is 0 Å². The average Bonchev–Trinajstić information content (AvgIpc) is 3.18. The lowest BCUT2D eigenvalue weighted by Gasteiger charge is -2.33. The summed E-state index contributed by atoms with van der Waals surface area (Å²) in [5, 5.41) is 4.06. The molecule has 0 bridgehead atoms. The molecule has 0 saturated carbocycles. The fourth-order valence-corrected chi connectivity index (χ4v) is 4.90. The third-order valence-electron chi connectivity index (χ3n) is 7.53. The lowest BCUT2D eigenvalue weighted by atomic mass is 10.0. The van der Waals surface area contributed by atoms with Gasteiger partial charge in [-0.3, -0.25) is 0 Å². The predicted molar refractivity (Wildman–Crippen MR) is 188 cm³/mol. The summed E-state index contributed by atoms with van der Waals surface area (Å²) >= 11 is 0. The van der Waals surface area contributed by atoms with Gasteiger partial charge < -0.3 is 23.8 Å². The molecule has 0 spiro atoms. The Balaban J connectivity index is 1.55. The van der Waals surface area contributed by atoms with Crippen LogP contribution < -0.4 is 0 Å². The summed E-state index contributed by atoms with van der Waals surface area (Å²) in [7, 11) is 0. The number of hydrogen-bond donors (Lipinski definition) is 0. The molecule has 0 amide bonds. The van der Waals surface area contributed by atoms with Gasteiger partial charge in [-0.1, -0.05) is 108 Å². The maximum Gasteiger partial charge on any atom is 0.338 e. The Morgan fingerprint density at radius 3 is 1.27 bits per heavy atom. The second-order valence-electron chi connectivity index (χ2n) is 11.2. The number of nitrogens with zero attached hydrogens (tertiary/aromatic N) is 1.